The van der Waals surface area contributed by atoms with E-state index in [1.54, 1.807) is 0 Å². The zero-order chi connectivity index (χ0) is 9.19. The van der Waals surface area contributed by atoms with Crippen LogP contribution in [-0.2, 0) is 6.18 Å². The van der Waals surface area contributed by atoms with E-state index in [0.29, 0.717) is 0 Å². The minimum absolute atomic E-state index is 0.620. The summed E-state index contributed by atoms with van der Waals surface area (Å²) in [4.78, 5) is 7.24. The van der Waals surface area contributed by atoms with Crippen LogP contribution in [0.1, 0.15) is 5.56 Å². The summed E-state index contributed by atoms with van der Waals surface area (Å²) >= 11 is 0. The second-order valence-electron chi connectivity index (χ2n) is 1.97. The van der Waals surface area contributed by atoms with Crippen molar-refractivity contribution < 1.29 is 18.0 Å². The smallest absolute Gasteiger partial charge is 0.391 e. The Bertz CT molecular complexity index is 274. The Morgan fingerprint density at radius 3 is 2.50 bits per heavy atom. The summed E-state index contributed by atoms with van der Waals surface area (Å²) in [7, 11) is 0. The van der Waals surface area contributed by atoms with Gasteiger partial charge in [0, 0.05) is 6.20 Å². The Morgan fingerprint density at radius 1 is 1.42 bits per heavy atom. The first-order valence-corrected chi connectivity index (χ1v) is 2.94. The van der Waals surface area contributed by atoms with Crippen molar-refractivity contribution in [2.75, 3.05) is 0 Å². The molecule has 0 fully saturated rings. The first-order valence-electron chi connectivity index (χ1n) is 2.94. The molecule has 0 aromatic carbocycles. The Hall–Kier alpha value is -1.30. The number of halogens is 3. The number of alkyl halides is 3. The van der Waals surface area contributed by atoms with Gasteiger partial charge in [-0.3, -0.25) is 0 Å². The lowest BCUT2D eigenvalue weighted by Crippen LogP contribution is -2.12. The van der Waals surface area contributed by atoms with E-state index in [1.807, 2.05) is 0 Å². The highest BCUT2D eigenvalue weighted by molar-refractivity contribution is 5.27. The van der Waals surface area contributed by atoms with Crippen molar-refractivity contribution in [3.63, 3.8) is 0 Å². The number of nitrogens with zero attached hydrogens (tertiary/aromatic N) is 1. The molecule has 3 nitrogen and oxygen atoms in total. The second kappa shape index (κ2) is 2.98. The van der Waals surface area contributed by atoms with E-state index < -0.39 is 17.6 Å². The molecule has 0 aliphatic rings. The van der Waals surface area contributed by atoms with Crippen LogP contribution in [0.15, 0.2) is 18.3 Å². The fourth-order valence-electron chi connectivity index (χ4n) is 0.700. The van der Waals surface area contributed by atoms with Gasteiger partial charge in [-0.05, 0) is 12.1 Å². The number of nitrogens with two attached hydrogens (primary N) is 1. The van der Waals surface area contributed by atoms with Crippen molar-refractivity contribution in [3.8, 4) is 5.88 Å². The SMILES string of the molecule is NOc1ncccc1C(F)(F)F. The molecule has 0 aliphatic carbocycles. The number of aromatic nitrogens is 1. The van der Waals surface area contributed by atoms with E-state index in [4.69, 9.17) is 0 Å². The van der Waals surface area contributed by atoms with E-state index in [1.165, 1.54) is 0 Å². The zero-order valence-corrected chi connectivity index (χ0v) is 5.80. The predicted molar refractivity (Wildman–Crippen MR) is 34.1 cm³/mol. The Balaban J connectivity index is 3.14. The van der Waals surface area contributed by atoms with Crippen LogP contribution in [0.25, 0.3) is 0 Å². The fourth-order valence-corrected chi connectivity index (χ4v) is 0.700. The van der Waals surface area contributed by atoms with Gasteiger partial charge >= 0.3 is 6.18 Å². The van der Waals surface area contributed by atoms with Gasteiger partial charge in [-0.1, -0.05) is 0 Å². The molecular weight excluding hydrogens is 173 g/mol. The molecule has 0 saturated heterocycles. The lowest BCUT2D eigenvalue weighted by molar-refractivity contribution is -0.139. The average Bonchev–Trinajstić information content (AvgIpc) is 2.03. The van der Waals surface area contributed by atoms with Crippen molar-refractivity contribution >= 4 is 0 Å². The molecular formula is C6H5F3N2O. The van der Waals surface area contributed by atoms with Crippen LogP contribution in [0.4, 0.5) is 13.2 Å². The summed E-state index contributed by atoms with van der Waals surface area (Å²) in [6.07, 6.45) is -3.32. The summed E-state index contributed by atoms with van der Waals surface area (Å²) in [5.74, 6) is 3.96. The normalized spacial score (nSPS) is 11.3. The zero-order valence-electron chi connectivity index (χ0n) is 5.80. The van der Waals surface area contributed by atoms with Gasteiger partial charge < -0.3 is 4.84 Å². The van der Waals surface area contributed by atoms with Crippen molar-refractivity contribution in [3.05, 3.63) is 23.9 Å². The maximum absolute atomic E-state index is 12.1. The van der Waals surface area contributed by atoms with Gasteiger partial charge in [0.1, 0.15) is 5.56 Å². The quantitative estimate of drug-likeness (QED) is 0.660. The molecule has 0 unspecified atom stereocenters. The molecule has 0 spiro atoms. The van der Waals surface area contributed by atoms with E-state index in [9.17, 15) is 13.2 Å². The second-order valence-corrected chi connectivity index (χ2v) is 1.97. The van der Waals surface area contributed by atoms with Gasteiger partial charge in [0.15, 0.2) is 0 Å². The van der Waals surface area contributed by atoms with Gasteiger partial charge in [-0.15, -0.1) is 0 Å². The molecule has 0 bridgehead atoms. The van der Waals surface area contributed by atoms with Gasteiger partial charge in [0.05, 0.1) is 0 Å². The topological polar surface area (TPSA) is 48.1 Å². The Morgan fingerprint density at radius 2 is 2.08 bits per heavy atom. The van der Waals surface area contributed by atoms with Gasteiger partial charge in [-0.25, -0.2) is 4.98 Å². The van der Waals surface area contributed by atoms with Crippen LogP contribution in [0.5, 0.6) is 5.88 Å². The van der Waals surface area contributed by atoms with Crippen molar-refractivity contribution in [2.24, 2.45) is 5.90 Å². The highest BCUT2D eigenvalue weighted by atomic mass is 19.4. The highest BCUT2D eigenvalue weighted by Crippen LogP contribution is 2.33. The number of rotatable bonds is 1. The first-order chi connectivity index (χ1) is 5.55. The maximum atomic E-state index is 12.1. The fraction of sp³-hybridized carbons (Fsp3) is 0.167. The van der Waals surface area contributed by atoms with E-state index in [-0.39, 0.29) is 0 Å². The molecule has 2 N–H and O–H groups in total. The molecule has 0 atom stereocenters. The average molecular weight is 178 g/mol. The molecule has 1 heterocycles. The van der Waals surface area contributed by atoms with E-state index in [2.05, 4.69) is 15.7 Å². The summed E-state index contributed by atoms with van der Waals surface area (Å²) < 4.78 is 36.2. The largest absolute Gasteiger partial charge is 0.421 e. The first kappa shape index (κ1) is 8.79. The van der Waals surface area contributed by atoms with Gasteiger partial charge in [0.2, 0.25) is 5.88 Å². The van der Waals surface area contributed by atoms with Crippen LogP contribution >= 0.6 is 0 Å². The summed E-state index contributed by atoms with van der Waals surface area (Å²) in [6, 6.07) is 2.00. The summed E-state index contributed by atoms with van der Waals surface area (Å²) in [5, 5.41) is 0. The molecule has 1 rings (SSSR count). The lowest BCUT2D eigenvalue weighted by Gasteiger charge is -2.08. The van der Waals surface area contributed by atoms with Crippen LogP contribution in [-0.4, -0.2) is 4.98 Å². The van der Waals surface area contributed by atoms with Gasteiger partial charge in [0.25, 0.3) is 0 Å². The molecule has 0 saturated carbocycles. The lowest BCUT2D eigenvalue weighted by atomic mass is 10.3. The standard InChI is InChI=1S/C6H5F3N2O/c7-6(8,9)4-2-1-3-11-5(4)12-10/h1-3H,10H2. The van der Waals surface area contributed by atoms with Crippen LogP contribution in [0, 0.1) is 0 Å². The molecule has 0 aliphatic heterocycles. The van der Waals surface area contributed by atoms with Crippen molar-refractivity contribution in [2.45, 2.75) is 6.18 Å². The van der Waals surface area contributed by atoms with Crippen LogP contribution < -0.4 is 10.7 Å². The maximum Gasteiger partial charge on any atom is 0.421 e. The molecule has 12 heavy (non-hydrogen) atoms. The molecule has 0 radical (unpaired) electrons. The van der Waals surface area contributed by atoms with Crippen molar-refractivity contribution in [1.29, 1.82) is 0 Å². The molecule has 66 valence electrons. The minimum Gasteiger partial charge on any atom is -0.391 e. The van der Waals surface area contributed by atoms with Crippen molar-refractivity contribution in [1.82, 2.24) is 4.98 Å². The monoisotopic (exact) mass is 178 g/mol. The summed E-state index contributed by atoms with van der Waals surface area (Å²) in [6.45, 7) is 0. The highest BCUT2D eigenvalue weighted by Gasteiger charge is 2.34. The molecule has 1 aromatic heterocycles. The Kier molecular flexibility index (Phi) is 2.18. The molecule has 1 aromatic rings. The van der Waals surface area contributed by atoms with Crippen LogP contribution in [0.2, 0.25) is 0 Å². The number of hydrogen-bond donors (Lipinski definition) is 1. The van der Waals surface area contributed by atoms with E-state index >= 15 is 0 Å². The van der Waals surface area contributed by atoms with Crippen LogP contribution in [0.3, 0.4) is 0 Å². The molecule has 6 heteroatoms. The Labute approximate surface area is 65.9 Å². The number of pyridine rings is 1. The third-order valence-corrected chi connectivity index (χ3v) is 1.19. The summed E-state index contributed by atoms with van der Waals surface area (Å²) in [5.41, 5.74) is -0.979. The minimum atomic E-state index is -4.48. The van der Waals surface area contributed by atoms with Gasteiger partial charge in [-0.2, -0.15) is 19.1 Å². The van der Waals surface area contributed by atoms with E-state index in [0.717, 1.165) is 18.3 Å². The number of hydrogen-bond acceptors (Lipinski definition) is 3. The predicted octanol–water partition coefficient (Wildman–Crippen LogP) is 1.35. The molecule has 0 amide bonds. The third kappa shape index (κ3) is 1.65. The third-order valence-electron chi connectivity index (χ3n) is 1.19.